The summed E-state index contributed by atoms with van der Waals surface area (Å²) in [6.07, 6.45) is 4.70. The largest absolute Gasteiger partial charge is 0.465 e. The molecular weight excluding hydrogens is 643 g/mol. The van der Waals surface area contributed by atoms with E-state index < -0.39 is 11.6 Å². The van der Waals surface area contributed by atoms with Gasteiger partial charge < -0.3 is 34.8 Å². The molecule has 2 aliphatic heterocycles. The first kappa shape index (κ1) is 36.3. The molecule has 0 radical (unpaired) electrons. The van der Waals surface area contributed by atoms with Gasteiger partial charge in [0.1, 0.15) is 15.4 Å². The van der Waals surface area contributed by atoms with E-state index in [2.05, 4.69) is 16.0 Å². The number of likely N-dealkylation sites (tertiary alicyclic amines) is 2. The molecule has 4 rings (SSSR count). The lowest BCUT2D eigenvalue weighted by atomic mass is 10.1. The van der Waals surface area contributed by atoms with Crippen molar-refractivity contribution >= 4 is 63.8 Å². The van der Waals surface area contributed by atoms with Gasteiger partial charge in [0.2, 0.25) is 0 Å². The van der Waals surface area contributed by atoms with Crippen molar-refractivity contribution in [3.8, 4) is 0 Å². The van der Waals surface area contributed by atoms with E-state index in [0.717, 1.165) is 36.8 Å². The van der Waals surface area contributed by atoms with Crippen molar-refractivity contribution in [3.05, 3.63) is 31.6 Å². The Morgan fingerprint density at radius 3 is 1.87 bits per heavy atom. The highest BCUT2D eigenvalue weighted by molar-refractivity contribution is 7.13. The average Bonchev–Trinajstić information content (AvgIpc) is 3.45. The van der Waals surface area contributed by atoms with Crippen LogP contribution in [0.15, 0.2) is 10.8 Å². The van der Waals surface area contributed by atoms with Crippen molar-refractivity contribution in [1.82, 2.24) is 10.2 Å². The Hall–Kier alpha value is -3.49. The summed E-state index contributed by atoms with van der Waals surface area (Å²) in [7, 11) is 1.31. The molecule has 0 unspecified atom stereocenters. The first-order valence-corrected chi connectivity index (χ1v) is 17.9. The molecule has 2 fully saturated rings. The van der Waals surface area contributed by atoms with Crippen LogP contribution >= 0.6 is 22.7 Å². The lowest BCUT2D eigenvalue weighted by Gasteiger charge is -2.36. The highest BCUT2D eigenvalue weighted by atomic mass is 32.1. The molecule has 4 heterocycles. The van der Waals surface area contributed by atoms with Gasteiger partial charge in [-0.15, -0.1) is 22.7 Å². The number of anilines is 2. The molecule has 0 spiro atoms. The third-order valence-electron chi connectivity index (χ3n) is 8.51. The number of ether oxygens (including phenoxy) is 2. The normalized spacial score (nSPS) is 16.9. The van der Waals surface area contributed by atoms with E-state index in [4.69, 9.17) is 9.47 Å². The molecule has 0 bridgehead atoms. The third kappa shape index (κ3) is 9.77. The topological polar surface area (TPSA) is 143 Å². The summed E-state index contributed by atoms with van der Waals surface area (Å²) >= 11 is 2.50. The number of quaternary nitrogens is 1. The zero-order valence-corrected chi connectivity index (χ0v) is 29.9. The maximum atomic E-state index is 13.7. The van der Waals surface area contributed by atoms with E-state index in [9.17, 15) is 24.0 Å². The number of nitrogens with one attached hydrogen (secondary N) is 3. The van der Waals surface area contributed by atoms with Gasteiger partial charge >= 0.3 is 12.1 Å². The number of carbonyl (C=O) groups excluding carboxylic acids is 5. The first-order chi connectivity index (χ1) is 22.2. The van der Waals surface area contributed by atoms with E-state index in [1.54, 1.807) is 10.3 Å². The van der Waals surface area contributed by atoms with Crippen LogP contribution in [0.25, 0.3) is 0 Å². The summed E-state index contributed by atoms with van der Waals surface area (Å²) in [6, 6.07) is -0.108. The van der Waals surface area contributed by atoms with Gasteiger partial charge in [0, 0.05) is 19.1 Å². The van der Waals surface area contributed by atoms with Crippen molar-refractivity contribution in [2.75, 3.05) is 57.0 Å². The number of thiophene rings is 2. The predicted octanol–water partition coefficient (Wildman–Crippen LogP) is 5.31. The summed E-state index contributed by atoms with van der Waals surface area (Å²) in [5, 5.41) is 12.7. The van der Waals surface area contributed by atoms with Crippen LogP contribution in [0.5, 0.6) is 0 Å². The van der Waals surface area contributed by atoms with Crippen molar-refractivity contribution in [2.45, 2.75) is 84.8 Å². The van der Waals surface area contributed by atoms with Crippen LogP contribution in [-0.4, -0.2) is 97.2 Å². The number of hydrogen-bond donors (Lipinski definition) is 3. The monoisotopic (exact) mass is 690 g/mol. The smallest absolute Gasteiger partial charge is 0.410 e. The molecular formula is C33H48N5O7S2+. The number of methoxy groups -OCH3 is 1. The maximum absolute atomic E-state index is 13.7. The second kappa shape index (κ2) is 15.6. The van der Waals surface area contributed by atoms with E-state index in [1.807, 2.05) is 40.0 Å². The van der Waals surface area contributed by atoms with Crippen molar-refractivity contribution in [3.63, 3.8) is 0 Å². The number of esters is 1. The Labute approximate surface area is 284 Å². The van der Waals surface area contributed by atoms with Gasteiger partial charge in [-0.25, -0.2) is 9.59 Å². The van der Waals surface area contributed by atoms with Gasteiger partial charge in [-0.3, -0.25) is 14.4 Å². The first-order valence-electron chi connectivity index (χ1n) is 16.2. The molecule has 12 nitrogen and oxygen atoms in total. The summed E-state index contributed by atoms with van der Waals surface area (Å²) in [4.78, 5) is 67.6. The molecule has 2 aromatic heterocycles. The number of aryl methyl sites for hydroxylation is 2. The Kier molecular flexibility index (Phi) is 12.1. The standard InChI is InChI=1S/C33H47N5O7S2/c1-21-19-46-28(30(41)34-23-11-13-37(14-12-23)32(43)45-33(3,4)5)26(21)35-24(39)17-38(15-9-7-8-10-16-38)18-25(40)36-27-22(2)20-47-29(27)31(42)44-6/h19-20,23H,7-18H2,1-6H3,(H2-,34,35,36,39,40,41,42)/p+1. The van der Waals surface area contributed by atoms with Gasteiger partial charge in [-0.05, 0) is 95.0 Å². The maximum Gasteiger partial charge on any atom is 0.410 e. The zero-order chi connectivity index (χ0) is 34.4. The molecule has 2 saturated heterocycles. The average molecular weight is 691 g/mol. The van der Waals surface area contributed by atoms with Crippen LogP contribution in [-0.2, 0) is 19.1 Å². The lowest BCUT2D eigenvalue weighted by Crippen LogP contribution is -2.56. The van der Waals surface area contributed by atoms with Crippen molar-refractivity contribution in [1.29, 1.82) is 0 Å². The molecule has 258 valence electrons. The molecule has 4 amide bonds. The van der Waals surface area contributed by atoms with Gasteiger partial charge in [0.15, 0.2) is 13.1 Å². The number of nitrogens with zero attached hydrogens (tertiary/aromatic N) is 2. The van der Waals surface area contributed by atoms with Crippen LogP contribution in [0, 0.1) is 13.8 Å². The molecule has 3 N–H and O–H groups in total. The highest BCUT2D eigenvalue weighted by Gasteiger charge is 2.36. The summed E-state index contributed by atoms with van der Waals surface area (Å²) in [6.45, 7) is 11.7. The summed E-state index contributed by atoms with van der Waals surface area (Å²) in [5.74, 6) is -1.30. The molecule has 2 aromatic rings. The Morgan fingerprint density at radius 1 is 0.851 bits per heavy atom. The number of hydrogen-bond acceptors (Lipinski definition) is 9. The quantitative estimate of drug-likeness (QED) is 0.239. The van der Waals surface area contributed by atoms with Crippen molar-refractivity contribution < 1.29 is 37.9 Å². The minimum atomic E-state index is -0.569. The van der Waals surface area contributed by atoms with Crippen LogP contribution in [0.4, 0.5) is 16.2 Å². The van der Waals surface area contributed by atoms with E-state index in [-0.39, 0.29) is 47.4 Å². The number of amides is 4. The Balaban J connectivity index is 1.40. The fourth-order valence-corrected chi connectivity index (χ4v) is 7.92. The third-order valence-corrected chi connectivity index (χ3v) is 10.7. The Bertz CT molecular complexity index is 1460. The molecule has 0 saturated carbocycles. The zero-order valence-electron chi connectivity index (χ0n) is 28.3. The lowest BCUT2D eigenvalue weighted by molar-refractivity contribution is -0.912. The van der Waals surface area contributed by atoms with Crippen LogP contribution < -0.4 is 16.0 Å². The molecule has 0 aliphatic carbocycles. The number of piperidine rings is 1. The second-order valence-corrected chi connectivity index (χ2v) is 15.3. The molecule has 2 aliphatic rings. The highest BCUT2D eigenvalue weighted by Crippen LogP contribution is 2.30. The van der Waals surface area contributed by atoms with Crippen molar-refractivity contribution in [2.24, 2.45) is 0 Å². The minimum absolute atomic E-state index is 0.0827. The van der Waals surface area contributed by atoms with Crippen LogP contribution in [0.1, 0.15) is 89.8 Å². The van der Waals surface area contributed by atoms with E-state index >= 15 is 0 Å². The van der Waals surface area contributed by atoms with Crippen LogP contribution in [0.3, 0.4) is 0 Å². The molecule has 0 atom stereocenters. The number of carbonyl (C=O) groups is 5. The molecule has 14 heteroatoms. The van der Waals surface area contributed by atoms with Gasteiger partial charge in [-0.1, -0.05) is 0 Å². The SMILES string of the molecule is COC(=O)c1scc(C)c1NC(=O)C[N+]1(CC(=O)Nc2c(C)csc2C(=O)NC2CCN(C(=O)OC(C)(C)C)CC2)CCCCCC1. The summed E-state index contributed by atoms with van der Waals surface area (Å²) in [5.41, 5.74) is 1.93. The Morgan fingerprint density at radius 2 is 1.36 bits per heavy atom. The minimum Gasteiger partial charge on any atom is -0.465 e. The second-order valence-electron chi connectivity index (χ2n) is 13.6. The van der Waals surface area contributed by atoms with Gasteiger partial charge in [0.25, 0.3) is 17.7 Å². The molecule has 47 heavy (non-hydrogen) atoms. The fraction of sp³-hybridized carbons (Fsp3) is 0.606. The number of rotatable bonds is 9. The fourth-order valence-electron chi connectivity index (χ4n) is 6.09. The molecule has 0 aromatic carbocycles. The van der Waals surface area contributed by atoms with Gasteiger partial charge in [0.05, 0.1) is 31.6 Å². The van der Waals surface area contributed by atoms with E-state index in [0.29, 0.717) is 60.1 Å². The van der Waals surface area contributed by atoms with Gasteiger partial charge in [-0.2, -0.15) is 0 Å². The summed E-state index contributed by atoms with van der Waals surface area (Å²) < 4.78 is 10.6. The van der Waals surface area contributed by atoms with Crippen LogP contribution in [0.2, 0.25) is 0 Å². The predicted molar refractivity (Wildman–Crippen MR) is 183 cm³/mol. The van der Waals surface area contributed by atoms with E-state index in [1.165, 1.54) is 29.8 Å².